The van der Waals surface area contributed by atoms with E-state index < -0.39 is 12.7 Å². The van der Waals surface area contributed by atoms with E-state index in [1.54, 1.807) is 19.1 Å². The molecule has 1 aromatic rings. The number of methoxy groups -OCH3 is 1. The molecule has 0 radical (unpaired) electrons. The Hall–Kier alpha value is -1.40. The van der Waals surface area contributed by atoms with Gasteiger partial charge in [-0.05, 0) is 31.7 Å². The Morgan fingerprint density at radius 2 is 2.00 bits per heavy atom. The molecule has 0 saturated carbocycles. The van der Waals surface area contributed by atoms with Gasteiger partial charge >= 0.3 is 6.61 Å². The lowest BCUT2D eigenvalue weighted by molar-refractivity contribution is -0.0512. The van der Waals surface area contributed by atoms with Crippen LogP contribution in [0.4, 0.5) is 8.78 Å². The van der Waals surface area contributed by atoms with E-state index in [9.17, 15) is 13.9 Å². The lowest BCUT2D eigenvalue weighted by atomic mass is 10.2. The molecule has 0 bridgehead atoms. The molecular formula is C13H19F2NO3. The summed E-state index contributed by atoms with van der Waals surface area (Å²) in [5.74, 6) is 0.280. The third-order valence-corrected chi connectivity index (χ3v) is 2.47. The number of ether oxygens (including phenoxy) is 2. The quantitative estimate of drug-likeness (QED) is 0.827. The summed E-state index contributed by atoms with van der Waals surface area (Å²) in [6.45, 7) is -0.0672. The highest BCUT2D eigenvalue weighted by atomic mass is 19.3. The Balaban J connectivity index is 2.76. The van der Waals surface area contributed by atoms with Crippen LogP contribution in [0.5, 0.6) is 11.5 Å². The molecule has 108 valence electrons. The second kappa shape index (κ2) is 7.25. The standard InChI is InChI=1S/C13H19F2NO3/c1-9(17)7-16(2)8-10-4-5-11(19-13(14)15)12(6-10)18-3/h4-6,9,13,17H,7-8H2,1-3H3. The van der Waals surface area contributed by atoms with Crippen molar-refractivity contribution in [3.8, 4) is 11.5 Å². The Labute approximate surface area is 111 Å². The Morgan fingerprint density at radius 1 is 1.32 bits per heavy atom. The van der Waals surface area contributed by atoms with Gasteiger partial charge in [-0.1, -0.05) is 6.07 Å². The van der Waals surface area contributed by atoms with Gasteiger partial charge in [-0.3, -0.25) is 4.90 Å². The molecule has 0 aliphatic carbocycles. The minimum absolute atomic E-state index is 0.0134. The summed E-state index contributed by atoms with van der Waals surface area (Å²) < 4.78 is 33.7. The molecule has 1 aromatic carbocycles. The van der Waals surface area contributed by atoms with Gasteiger partial charge in [0.2, 0.25) is 0 Å². The fraction of sp³-hybridized carbons (Fsp3) is 0.538. The van der Waals surface area contributed by atoms with E-state index in [1.165, 1.54) is 13.2 Å². The van der Waals surface area contributed by atoms with Crippen molar-refractivity contribution in [2.45, 2.75) is 26.2 Å². The van der Waals surface area contributed by atoms with E-state index in [0.717, 1.165) is 5.56 Å². The van der Waals surface area contributed by atoms with Gasteiger partial charge in [-0.25, -0.2) is 0 Å². The molecule has 6 heteroatoms. The number of hydrogen-bond acceptors (Lipinski definition) is 4. The van der Waals surface area contributed by atoms with Crippen LogP contribution in [-0.4, -0.2) is 43.4 Å². The third-order valence-electron chi connectivity index (χ3n) is 2.47. The first-order chi connectivity index (χ1) is 8.92. The predicted molar refractivity (Wildman–Crippen MR) is 67.6 cm³/mol. The molecule has 4 nitrogen and oxygen atoms in total. The SMILES string of the molecule is COc1cc(CN(C)CC(C)O)ccc1OC(F)F. The summed E-state index contributed by atoms with van der Waals surface area (Å²) in [6.07, 6.45) is -0.423. The zero-order valence-electron chi connectivity index (χ0n) is 11.3. The molecule has 0 fully saturated rings. The molecule has 0 aliphatic rings. The van der Waals surface area contributed by atoms with Gasteiger partial charge in [0.25, 0.3) is 0 Å². The molecule has 1 rings (SSSR count). The monoisotopic (exact) mass is 275 g/mol. The smallest absolute Gasteiger partial charge is 0.387 e. The maximum absolute atomic E-state index is 12.2. The summed E-state index contributed by atoms with van der Waals surface area (Å²) in [7, 11) is 3.26. The highest BCUT2D eigenvalue weighted by Gasteiger charge is 2.12. The van der Waals surface area contributed by atoms with Crippen molar-refractivity contribution in [1.82, 2.24) is 4.90 Å². The molecule has 1 N–H and O–H groups in total. The molecule has 1 unspecified atom stereocenters. The molecule has 0 heterocycles. The van der Waals surface area contributed by atoms with Gasteiger partial charge in [-0.15, -0.1) is 0 Å². The van der Waals surface area contributed by atoms with E-state index in [1.807, 2.05) is 11.9 Å². The highest BCUT2D eigenvalue weighted by Crippen LogP contribution is 2.29. The maximum Gasteiger partial charge on any atom is 0.387 e. The summed E-state index contributed by atoms with van der Waals surface area (Å²) in [5, 5.41) is 9.28. The van der Waals surface area contributed by atoms with Crippen LogP contribution >= 0.6 is 0 Å². The van der Waals surface area contributed by atoms with Crippen molar-refractivity contribution in [2.75, 3.05) is 20.7 Å². The van der Waals surface area contributed by atoms with E-state index in [-0.39, 0.29) is 11.5 Å². The second-order valence-electron chi connectivity index (χ2n) is 4.41. The number of rotatable bonds is 7. The summed E-state index contributed by atoms with van der Waals surface area (Å²) >= 11 is 0. The van der Waals surface area contributed by atoms with Gasteiger partial charge < -0.3 is 14.6 Å². The zero-order chi connectivity index (χ0) is 14.4. The summed E-state index contributed by atoms with van der Waals surface area (Å²) in [5.41, 5.74) is 0.890. The Bertz CT molecular complexity index is 399. The van der Waals surface area contributed by atoms with Crippen molar-refractivity contribution >= 4 is 0 Å². The largest absolute Gasteiger partial charge is 0.493 e. The normalized spacial score (nSPS) is 12.8. The average Bonchev–Trinajstić information content (AvgIpc) is 2.29. The lowest BCUT2D eigenvalue weighted by Crippen LogP contribution is -2.26. The molecule has 1 atom stereocenters. The van der Waals surface area contributed by atoms with Crippen molar-refractivity contribution in [1.29, 1.82) is 0 Å². The van der Waals surface area contributed by atoms with Crippen LogP contribution < -0.4 is 9.47 Å². The van der Waals surface area contributed by atoms with E-state index in [0.29, 0.717) is 13.1 Å². The first-order valence-corrected chi connectivity index (χ1v) is 5.90. The maximum atomic E-state index is 12.2. The highest BCUT2D eigenvalue weighted by molar-refractivity contribution is 5.42. The third kappa shape index (κ3) is 5.40. The van der Waals surface area contributed by atoms with Crippen LogP contribution in [0, 0.1) is 0 Å². The van der Waals surface area contributed by atoms with Crippen molar-refractivity contribution < 1.29 is 23.4 Å². The van der Waals surface area contributed by atoms with E-state index >= 15 is 0 Å². The van der Waals surface area contributed by atoms with Crippen molar-refractivity contribution in [2.24, 2.45) is 0 Å². The minimum atomic E-state index is -2.88. The zero-order valence-corrected chi connectivity index (χ0v) is 11.3. The summed E-state index contributed by atoms with van der Waals surface area (Å²) in [6, 6.07) is 4.80. The fourth-order valence-electron chi connectivity index (χ4n) is 1.83. The summed E-state index contributed by atoms with van der Waals surface area (Å²) in [4.78, 5) is 1.92. The van der Waals surface area contributed by atoms with Crippen LogP contribution in [0.2, 0.25) is 0 Å². The lowest BCUT2D eigenvalue weighted by Gasteiger charge is -2.19. The van der Waals surface area contributed by atoms with Crippen molar-refractivity contribution in [3.05, 3.63) is 23.8 Å². The van der Waals surface area contributed by atoms with Crippen LogP contribution in [0.15, 0.2) is 18.2 Å². The van der Waals surface area contributed by atoms with E-state index in [4.69, 9.17) is 4.74 Å². The van der Waals surface area contributed by atoms with Gasteiger partial charge in [0.1, 0.15) is 0 Å². The Kier molecular flexibility index (Phi) is 5.98. The second-order valence-corrected chi connectivity index (χ2v) is 4.41. The fourth-order valence-corrected chi connectivity index (χ4v) is 1.83. The molecule has 0 aliphatic heterocycles. The minimum Gasteiger partial charge on any atom is -0.493 e. The average molecular weight is 275 g/mol. The number of halogens is 2. The number of hydrogen-bond donors (Lipinski definition) is 1. The molecular weight excluding hydrogens is 256 g/mol. The predicted octanol–water partition coefficient (Wildman–Crippen LogP) is 2.11. The van der Waals surface area contributed by atoms with Crippen LogP contribution in [0.1, 0.15) is 12.5 Å². The topological polar surface area (TPSA) is 41.9 Å². The molecule has 0 aromatic heterocycles. The molecule has 19 heavy (non-hydrogen) atoms. The van der Waals surface area contributed by atoms with E-state index in [2.05, 4.69) is 4.74 Å². The number of alkyl halides is 2. The Morgan fingerprint density at radius 3 is 2.53 bits per heavy atom. The van der Waals surface area contributed by atoms with Gasteiger partial charge in [0.05, 0.1) is 13.2 Å². The van der Waals surface area contributed by atoms with Crippen LogP contribution in [-0.2, 0) is 6.54 Å². The first-order valence-electron chi connectivity index (χ1n) is 5.90. The number of aliphatic hydroxyl groups excluding tert-OH is 1. The molecule has 0 spiro atoms. The van der Waals surface area contributed by atoms with Crippen molar-refractivity contribution in [3.63, 3.8) is 0 Å². The van der Waals surface area contributed by atoms with Crippen LogP contribution in [0.25, 0.3) is 0 Å². The number of aliphatic hydroxyl groups is 1. The molecule has 0 saturated heterocycles. The van der Waals surface area contributed by atoms with Crippen LogP contribution in [0.3, 0.4) is 0 Å². The van der Waals surface area contributed by atoms with Gasteiger partial charge in [0.15, 0.2) is 11.5 Å². The first kappa shape index (κ1) is 15.7. The number of nitrogens with zero attached hydrogens (tertiary/aromatic N) is 1. The number of likely N-dealkylation sites (N-methyl/N-ethyl adjacent to an activating group) is 1. The molecule has 0 amide bonds. The van der Waals surface area contributed by atoms with Gasteiger partial charge in [-0.2, -0.15) is 8.78 Å². The number of benzene rings is 1. The van der Waals surface area contributed by atoms with Gasteiger partial charge in [0, 0.05) is 13.1 Å².